The van der Waals surface area contributed by atoms with Gasteiger partial charge in [-0.1, -0.05) is 30.3 Å². The number of nitrogens with one attached hydrogen (secondary N) is 1. The Balaban J connectivity index is 1.54. The molecule has 0 saturated carbocycles. The zero-order valence-corrected chi connectivity index (χ0v) is 13.1. The average molecular weight is 310 g/mol. The summed E-state index contributed by atoms with van der Waals surface area (Å²) in [7, 11) is 0. The molecule has 0 spiro atoms. The number of rotatable bonds is 5. The van der Waals surface area contributed by atoms with E-state index in [1.807, 2.05) is 18.2 Å². The van der Waals surface area contributed by atoms with Gasteiger partial charge in [0.25, 0.3) is 0 Å². The van der Waals surface area contributed by atoms with E-state index in [4.69, 9.17) is 5.11 Å². The second kappa shape index (κ2) is 7.29. The van der Waals surface area contributed by atoms with Crippen LogP contribution in [0.2, 0.25) is 0 Å². The van der Waals surface area contributed by atoms with Crippen LogP contribution in [0, 0.1) is 0 Å². The number of aromatic carboxylic acids is 1. The van der Waals surface area contributed by atoms with Gasteiger partial charge in [-0.3, -0.25) is 0 Å². The van der Waals surface area contributed by atoms with Gasteiger partial charge in [0.2, 0.25) is 0 Å². The maximum absolute atomic E-state index is 10.9. The SMILES string of the molecule is O=C(O)c1ccc(CNC2CCCN(c3ccccc3)C2)cc1. The third kappa shape index (κ3) is 4.11. The standard InChI is InChI=1S/C19H22N2O2/c22-19(23)16-10-8-15(9-11-16)13-20-17-5-4-12-21(14-17)18-6-2-1-3-7-18/h1-3,6-11,17,20H,4-5,12-14H2,(H,22,23). The minimum absolute atomic E-state index is 0.335. The summed E-state index contributed by atoms with van der Waals surface area (Å²) >= 11 is 0. The first-order chi connectivity index (χ1) is 11.2. The van der Waals surface area contributed by atoms with Crippen molar-refractivity contribution in [3.05, 3.63) is 65.7 Å². The number of piperidine rings is 1. The molecule has 120 valence electrons. The fourth-order valence-electron chi connectivity index (χ4n) is 3.04. The van der Waals surface area contributed by atoms with E-state index in [9.17, 15) is 4.79 Å². The molecular formula is C19H22N2O2. The quantitative estimate of drug-likeness (QED) is 0.891. The molecular weight excluding hydrogens is 288 g/mol. The smallest absolute Gasteiger partial charge is 0.335 e. The number of anilines is 1. The number of carboxylic acid groups (broad SMARTS) is 1. The Hall–Kier alpha value is -2.33. The van der Waals surface area contributed by atoms with E-state index in [-0.39, 0.29) is 0 Å². The minimum Gasteiger partial charge on any atom is -0.478 e. The lowest BCUT2D eigenvalue weighted by Crippen LogP contribution is -2.45. The predicted octanol–water partition coefficient (Wildman–Crippen LogP) is 3.14. The van der Waals surface area contributed by atoms with Gasteiger partial charge in [-0.15, -0.1) is 0 Å². The molecule has 0 aromatic heterocycles. The summed E-state index contributed by atoms with van der Waals surface area (Å²) in [6.07, 6.45) is 2.36. The third-order valence-electron chi connectivity index (χ3n) is 4.34. The first kappa shape index (κ1) is 15.6. The van der Waals surface area contributed by atoms with Crippen molar-refractivity contribution in [2.75, 3.05) is 18.0 Å². The van der Waals surface area contributed by atoms with Crippen LogP contribution in [0.25, 0.3) is 0 Å². The molecule has 1 saturated heterocycles. The molecule has 3 rings (SSSR count). The summed E-state index contributed by atoms with van der Waals surface area (Å²) < 4.78 is 0. The minimum atomic E-state index is -0.879. The van der Waals surface area contributed by atoms with Crippen LogP contribution in [0.5, 0.6) is 0 Å². The molecule has 0 radical (unpaired) electrons. The van der Waals surface area contributed by atoms with Gasteiger partial charge >= 0.3 is 5.97 Å². The van der Waals surface area contributed by atoms with E-state index < -0.39 is 5.97 Å². The number of nitrogens with zero attached hydrogens (tertiary/aromatic N) is 1. The molecule has 0 amide bonds. The molecule has 1 aliphatic heterocycles. The van der Waals surface area contributed by atoms with E-state index in [1.54, 1.807) is 12.1 Å². The van der Waals surface area contributed by atoms with E-state index in [1.165, 1.54) is 18.5 Å². The van der Waals surface area contributed by atoms with Crippen LogP contribution in [-0.2, 0) is 6.54 Å². The molecule has 4 heteroatoms. The third-order valence-corrected chi connectivity index (χ3v) is 4.34. The highest BCUT2D eigenvalue weighted by Gasteiger charge is 2.19. The maximum Gasteiger partial charge on any atom is 0.335 e. The summed E-state index contributed by atoms with van der Waals surface area (Å²) in [6.45, 7) is 2.89. The monoisotopic (exact) mass is 310 g/mol. The molecule has 1 fully saturated rings. The second-order valence-electron chi connectivity index (χ2n) is 6.00. The Kier molecular flexibility index (Phi) is 4.93. The second-order valence-corrected chi connectivity index (χ2v) is 6.00. The van der Waals surface area contributed by atoms with Crippen LogP contribution in [0.15, 0.2) is 54.6 Å². The molecule has 0 aliphatic carbocycles. The lowest BCUT2D eigenvalue weighted by molar-refractivity contribution is 0.0697. The van der Waals surface area contributed by atoms with Gasteiger partial charge in [0, 0.05) is 31.4 Å². The van der Waals surface area contributed by atoms with Gasteiger partial charge in [-0.25, -0.2) is 4.79 Å². The van der Waals surface area contributed by atoms with Crippen molar-refractivity contribution in [3.63, 3.8) is 0 Å². The fourth-order valence-corrected chi connectivity index (χ4v) is 3.04. The highest BCUT2D eigenvalue weighted by molar-refractivity contribution is 5.87. The molecule has 4 nitrogen and oxygen atoms in total. The van der Waals surface area contributed by atoms with Crippen LogP contribution >= 0.6 is 0 Å². The first-order valence-electron chi connectivity index (χ1n) is 8.08. The molecule has 2 aromatic carbocycles. The molecule has 0 bridgehead atoms. The largest absolute Gasteiger partial charge is 0.478 e. The molecule has 2 aromatic rings. The lowest BCUT2D eigenvalue weighted by atomic mass is 10.0. The van der Waals surface area contributed by atoms with Crippen molar-refractivity contribution >= 4 is 11.7 Å². The number of benzene rings is 2. The lowest BCUT2D eigenvalue weighted by Gasteiger charge is -2.35. The van der Waals surface area contributed by atoms with Crippen molar-refractivity contribution in [1.82, 2.24) is 5.32 Å². The summed E-state index contributed by atoms with van der Waals surface area (Å²) in [5, 5.41) is 12.5. The Morgan fingerprint density at radius 3 is 2.57 bits per heavy atom. The highest BCUT2D eigenvalue weighted by Crippen LogP contribution is 2.19. The first-order valence-corrected chi connectivity index (χ1v) is 8.08. The number of para-hydroxylation sites is 1. The summed E-state index contributed by atoms with van der Waals surface area (Å²) in [5.74, 6) is -0.879. The highest BCUT2D eigenvalue weighted by atomic mass is 16.4. The van der Waals surface area contributed by atoms with Crippen LogP contribution in [0.4, 0.5) is 5.69 Å². The molecule has 23 heavy (non-hydrogen) atoms. The van der Waals surface area contributed by atoms with Gasteiger partial charge in [-0.05, 0) is 42.7 Å². The van der Waals surface area contributed by atoms with Crippen molar-refractivity contribution < 1.29 is 9.90 Å². The Morgan fingerprint density at radius 1 is 1.13 bits per heavy atom. The molecule has 1 atom stereocenters. The number of carboxylic acids is 1. The summed E-state index contributed by atoms with van der Waals surface area (Å²) in [5.41, 5.74) is 2.73. The van der Waals surface area contributed by atoms with Gasteiger partial charge in [-0.2, -0.15) is 0 Å². The van der Waals surface area contributed by atoms with E-state index in [0.717, 1.165) is 25.2 Å². The van der Waals surface area contributed by atoms with E-state index >= 15 is 0 Å². The number of carbonyl (C=O) groups is 1. The summed E-state index contributed by atoms with van der Waals surface area (Å²) in [4.78, 5) is 13.3. The number of hydrogen-bond acceptors (Lipinski definition) is 3. The van der Waals surface area contributed by atoms with Crippen LogP contribution in [-0.4, -0.2) is 30.2 Å². The van der Waals surface area contributed by atoms with Gasteiger partial charge < -0.3 is 15.3 Å². The zero-order valence-electron chi connectivity index (χ0n) is 13.1. The van der Waals surface area contributed by atoms with E-state index in [0.29, 0.717) is 11.6 Å². The normalized spacial score (nSPS) is 17.9. The average Bonchev–Trinajstić information content (AvgIpc) is 2.61. The van der Waals surface area contributed by atoms with Crippen molar-refractivity contribution in [2.45, 2.75) is 25.4 Å². The predicted molar refractivity (Wildman–Crippen MR) is 91.9 cm³/mol. The number of hydrogen-bond donors (Lipinski definition) is 2. The fraction of sp³-hybridized carbons (Fsp3) is 0.316. The molecule has 1 unspecified atom stereocenters. The molecule has 1 heterocycles. The topological polar surface area (TPSA) is 52.6 Å². The van der Waals surface area contributed by atoms with Crippen LogP contribution < -0.4 is 10.2 Å². The Labute approximate surface area is 136 Å². The van der Waals surface area contributed by atoms with Crippen molar-refractivity contribution in [3.8, 4) is 0 Å². The van der Waals surface area contributed by atoms with E-state index in [2.05, 4.69) is 34.5 Å². The maximum atomic E-state index is 10.9. The Bertz CT molecular complexity index is 640. The van der Waals surface area contributed by atoms with Crippen LogP contribution in [0.3, 0.4) is 0 Å². The van der Waals surface area contributed by atoms with Gasteiger partial charge in [0.1, 0.15) is 0 Å². The zero-order chi connectivity index (χ0) is 16.1. The molecule has 1 aliphatic rings. The van der Waals surface area contributed by atoms with Gasteiger partial charge in [0.15, 0.2) is 0 Å². The van der Waals surface area contributed by atoms with Crippen LogP contribution in [0.1, 0.15) is 28.8 Å². The van der Waals surface area contributed by atoms with Crippen molar-refractivity contribution in [1.29, 1.82) is 0 Å². The summed E-state index contributed by atoms with van der Waals surface area (Å²) in [6, 6.07) is 18.1. The molecule has 2 N–H and O–H groups in total. The Morgan fingerprint density at radius 2 is 1.87 bits per heavy atom. The van der Waals surface area contributed by atoms with Gasteiger partial charge in [0.05, 0.1) is 5.56 Å². The van der Waals surface area contributed by atoms with Crippen molar-refractivity contribution in [2.24, 2.45) is 0 Å².